The van der Waals surface area contributed by atoms with Gasteiger partial charge in [-0.3, -0.25) is 4.79 Å². The Labute approximate surface area is 144 Å². The summed E-state index contributed by atoms with van der Waals surface area (Å²) in [5.41, 5.74) is 0. The molecule has 0 aromatic heterocycles. The summed E-state index contributed by atoms with van der Waals surface area (Å²) >= 11 is 5.77. The lowest BCUT2D eigenvalue weighted by Gasteiger charge is -2.15. The number of rotatable bonds is 15. The van der Waals surface area contributed by atoms with E-state index in [0.29, 0.717) is 33.2 Å². The number of carboxylic acid groups (broad SMARTS) is 1. The Morgan fingerprint density at radius 2 is 2.00 bits per heavy atom. The van der Waals surface area contributed by atoms with Gasteiger partial charge in [-0.05, 0) is 19.0 Å². The van der Waals surface area contributed by atoms with Gasteiger partial charge in [0.2, 0.25) is 0 Å². The van der Waals surface area contributed by atoms with Gasteiger partial charge < -0.3 is 14.7 Å². The van der Waals surface area contributed by atoms with Crippen LogP contribution in [-0.2, 0) is 19.4 Å². The second-order valence-corrected chi connectivity index (χ2v) is 10.0. The third kappa shape index (κ3) is 15.4. The quantitative estimate of drug-likeness (QED) is 0.245. The molecule has 0 fully saturated rings. The molecule has 0 heterocycles. The molecule has 0 saturated heterocycles. The van der Waals surface area contributed by atoms with Crippen molar-refractivity contribution in [1.29, 1.82) is 0 Å². The van der Waals surface area contributed by atoms with Gasteiger partial charge in [0.05, 0.1) is 31.1 Å². The third-order valence-electron chi connectivity index (χ3n) is 2.76. The SMILES string of the molecule is CN(CCOCCS(=O)(=O)CCSCCPS)CCC(=O)O. The van der Waals surface area contributed by atoms with E-state index in [0.717, 1.165) is 11.9 Å². The van der Waals surface area contributed by atoms with Crippen molar-refractivity contribution in [3.05, 3.63) is 0 Å². The zero-order chi connectivity index (χ0) is 16.8. The van der Waals surface area contributed by atoms with Crippen LogP contribution in [0.1, 0.15) is 6.42 Å². The minimum atomic E-state index is -3.04. The zero-order valence-electron chi connectivity index (χ0n) is 12.9. The molecule has 0 aromatic rings. The van der Waals surface area contributed by atoms with Gasteiger partial charge in [0.25, 0.3) is 0 Å². The van der Waals surface area contributed by atoms with Gasteiger partial charge in [-0.1, -0.05) is 7.78 Å². The van der Waals surface area contributed by atoms with Gasteiger partial charge in [0.15, 0.2) is 9.84 Å². The van der Waals surface area contributed by atoms with Crippen LogP contribution in [0.15, 0.2) is 0 Å². The van der Waals surface area contributed by atoms with Crippen LogP contribution in [-0.4, -0.2) is 86.9 Å². The van der Waals surface area contributed by atoms with E-state index >= 15 is 0 Å². The fraction of sp³-hybridized carbons (Fsp3) is 0.917. The van der Waals surface area contributed by atoms with E-state index in [2.05, 4.69) is 12.2 Å². The Kier molecular flexibility index (Phi) is 14.2. The van der Waals surface area contributed by atoms with Crippen LogP contribution in [0.25, 0.3) is 0 Å². The number of hydrogen-bond donors (Lipinski definition) is 2. The Morgan fingerprint density at radius 1 is 1.27 bits per heavy atom. The normalized spacial score (nSPS) is 12.5. The lowest BCUT2D eigenvalue weighted by Crippen LogP contribution is -2.26. The highest BCUT2D eigenvalue weighted by molar-refractivity contribution is 8.38. The van der Waals surface area contributed by atoms with Gasteiger partial charge in [-0.15, -0.1) is 0 Å². The lowest BCUT2D eigenvalue weighted by atomic mass is 10.4. The van der Waals surface area contributed by atoms with Crippen LogP contribution in [0.4, 0.5) is 0 Å². The largest absolute Gasteiger partial charge is 0.481 e. The Morgan fingerprint density at radius 3 is 2.64 bits per heavy atom. The van der Waals surface area contributed by atoms with E-state index in [1.807, 2.05) is 11.9 Å². The van der Waals surface area contributed by atoms with E-state index in [1.165, 1.54) is 0 Å². The van der Waals surface area contributed by atoms with E-state index in [9.17, 15) is 13.2 Å². The van der Waals surface area contributed by atoms with Crippen molar-refractivity contribution in [2.75, 3.05) is 62.5 Å². The van der Waals surface area contributed by atoms with Gasteiger partial charge in [0.1, 0.15) is 0 Å². The number of hydrogen-bond acceptors (Lipinski definition) is 7. The molecule has 132 valence electrons. The predicted octanol–water partition coefficient (Wildman–Crippen LogP) is 1.08. The number of likely N-dealkylation sites (N-methyl/N-ethyl adjacent to an activating group) is 1. The summed E-state index contributed by atoms with van der Waals surface area (Å²) in [6.45, 7) is 1.65. The maximum absolute atomic E-state index is 11.8. The van der Waals surface area contributed by atoms with Crippen LogP contribution in [0, 0.1) is 0 Å². The van der Waals surface area contributed by atoms with E-state index in [1.54, 1.807) is 11.8 Å². The summed E-state index contributed by atoms with van der Waals surface area (Å²) in [7, 11) is -0.614. The number of thiol groups is 1. The third-order valence-corrected chi connectivity index (χ3v) is 7.13. The van der Waals surface area contributed by atoms with Gasteiger partial charge in [-0.2, -0.15) is 24.0 Å². The van der Waals surface area contributed by atoms with Crippen molar-refractivity contribution in [3.8, 4) is 0 Å². The first-order valence-corrected chi connectivity index (χ1v) is 12.5. The first kappa shape index (κ1) is 22.5. The Balaban J connectivity index is 3.57. The van der Waals surface area contributed by atoms with Gasteiger partial charge >= 0.3 is 5.97 Å². The number of sulfone groups is 1. The van der Waals surface area contributed by atoms with Crippen LogP contribution < -0.4 is 0 Å². The maximum atomic E-state index is 11.8. The summed E-state index contributed by atoms with van der Waals surface area (Å²) in [5, 5.41) is 8.55. The van der Waals surface area contributed by atoms with Crippen LogP contribution in [0.3, 0.4) is 0 Å². The molecule has 1 N–H and O–H groups in total. The molecule has 1 unspecified atom stereocenters. The van der Waals surface area contributed by atoms with E-state index in [4.69, 9.17) is 9.84 Å². The molecule has 0 aromatic carbocycles. The summed E-state index contributed by atoms with van der Waals surface area (Å²) in [6.07, 6.45) is 1.11. The van der Waals surface area contributed by atoms with Gasteiger partial charge in [0, 0.05) is 18.8 Å². The number of thioether (sulfide) groups is 1. The highest BCUT2D eigenvalue weighted by Gasteiger charge is 2.10. The molecule has 0 aliphatic heterocycles. The second-order valence-electron chi connectivity index (χ2n) is 4.73. The molecular weight excluding hydrogens is 365 g/mol. The highest BCUT2D eigenvalue weighted by Crippen LogP contribution is 2.16. The molecule has 0 radical (unpaired) electrons. The van der Waals surface area contributed by atoms with Crippen molar-refractivity contribution in [3.63, 3.8) is 0 Å². The Bertz CT molecular complexity index is 394. The van der Waals surface area contributed by atoms with Crippen LogP contribution in [0.2, 0.25) is 0 Å². The zero-order valence-corrected chi connectivity index (χ0v) is 16.4. The molecular formula is C12H26NO5PS3. The molecule has 22 heavy (non-hydrogen) atoms. The molecule has 0 spiro atoms. The number of nitrogens with zero attached hydrogens (tertiary/aromatic N) is 1. The summed E-state index contributed by atoms with van der Waals surface area (Å²) in [6, 6.07) is 0. The number of carboxylic acids is 1. The topological polar surface area (TPSA) is 83.9 Å². The second kappa shape index (κ2) is 13.9. The number of ether oxygens (including phenoxy) is 1. The minimum Gasteiger partial charge on any atom is -0.481 e. The van der Waals surface area contributed by atoms with Crippen LogP contribution >= 0.6 is 31.8 Å². The van der Waals surface area contributed by atoms with Crippen LogP contribution in [0.5, 0.6) is 0 Å². The average Bonchev–Trinajstić information content (AvgIpc) is 2.44. The summed E-state index contributed by atoms with van der Waals surface area (Å²) in [5.74, 6) is 0.983. The molecule has 10 heteroatoms. The van der Waals surface area contributed by atoms with Crippen molar-refractivity contribution in [1.82, 2.24) is 4.90 Å². The monoisotopic (exact) mass is 391 g/mol. The standard InChI is InChI=1S/C12H26NO5PS3/c1-13(3-2-12(14)15)4-5-18-6-10-22(16,17)11-9-21-8-7-19-20/h19-20H,2-11H2,1H3,(H,14,15). The number of aliphatic carboxylic acids is 1. The smallest absolute Gasteiger partial charge is 0.304 e. The number of carbonyl (C=O) groups is 1. The van der Waals surface area contributed by atoms with Gasteiger partial charge in [-0.25, -0.2) is 8.42 Å². The molecule has 0 aliphatic rings. The molecule has 0 amide bonds. The molecule has 0 bridgehead atoms. The van der Waals surface area contributed by atoms with Crippen molar-refractivity contribution in [2.45, 2.75) is 6.42 Å². The van der Waals surface area contributed by atoms with Crippen molar-refractivity contribution < 1.29 is 23.1 Å². The Hall–Kier alpha value is 0.470. The predicted molar refractivity (Wildman–Crippen MR) is 98.7 cm³/mol. The minimum absolute atomic E-state index is 0.0424. The van der Waals surface area contributed by atoms with E-state index in [-0.39, 0.29) is 24.5 Å². The van der Waals surface area contributed by atoms with Crippen molar-refractivity contribution >= 4 is 47.6 Å². The fourth-order valence-corrected chi connectivity index (χ4v) is 5.45. The molecule has 0 rings (SSSR count). The molecule has 6 nitrogen and oxygen atoms in total. The molecule has 1 atom stereocenters. The highest BCUT2D eigenvalue weighted by atomic mass is 32.7. The summed E-state index contributed by atoms with van der Waals surface area (Å²) < 4.78 is 28.8. The maximum Gasteiger partial charge on any atom is 0.304 e. The first-order chi connectivity index (χ1) is 10.4. The first-order valence-electron chi connectivity index (χ1n) is 7.00. The average molecular weight is 392 g/mol. The molecule has 0 saturated carbocycles. The van der Waals surface area contributed by atoms with Crippen molar-refractivity contribution in [2.24, 2.45) is 0 Å². The lowest BCUT2D eigenvalue weighted by molar-refractivity contribution is -0.137. The fourth-order valence-electron chi connectivity index (χ4n) is 1.41. The molecule has 0 aliphatic carbocycles. The summed E-state index contributed by atoms with van der Waals surface area (Å²) in [4.78, 5) is 12.3. The van der Waals surface area contributed by atoms with E-state index < -0.39 is 15.8 Å².